The minimum Gasteiger partial charge on any atom is -0.350 e. The summed E-state index contributed by atoms with van der Waals surface area (Å²) >= 11 is 0. The monoisotopic (exact) mass is 398 g/mol. The van der Waals surface area contributed by atoms with Crippen molar-refractivity contribution in [3.63, 3.8) is 0 Å². The lowest BCUT2D eigenvalue weighted by molar-refractivity contribution is -0.137. The molecule has 0 aliphatic heterocycles. The van der Waals surface area contributed by atoms with E-state index in [1.807, 2.05) is 13.8 Å². The van der Waals surface area contributed by atoms with Crippen LogP contribution in [-0.2, 0) is 6.18 Å². The van der Waals surface area contributed by atoms with E-state index in [1.165, 1.54) is 18.5 Å². The van der Waals surface area contributed by atoms with Crippen molar-refractivity contribution in [1.82, 2.24) is 19.9 Å². The quantitative estimate of drug-likeness (QED) is 0.544. The number of fused-ring (bicyclic) bond motifs is 3. The predicted octanol–water partition coefficient (Wildman–Crippen LogP) is 4.71. The predicted molar refractivity (Wildman–Crippen MR) is 104 cm³/mol. The van der Waals surface area contributed by atoms with Gasteiger partial charge in [-0.05, 0) is 55.3 Å². The first-order valence-corrected chi connectivity index (χ1v) is 8.99. The third kappa shape index (κ3) is 3.53. The molecule has 5 nitrogen and oxygen atoms in total. The zero-order valence-corrected chi connectivity index (χ0v) is 15.7. The van der Waals surface area contributed by atoms with E-state index in [1.54, 1.807) is 28.8 Å². The second-order valence-corrected chi connectivity index (χ2v) is 7.02. The van der Waals surface area contributed by atoms with Gasteiger partial charge in [-0.25, -0.2) is 9.50 Å². The third-order valence-electron chi connectivity index (χ3n) is 4.57. The molecule has 0 aliphatic rings. The van der Waals surface area contributed by atoms with Gasteiger partial charge in [-0.2, -0.15) is 18.3 Å². The van der Waals surface area contributed by atoms with Crippen LogP contribution in [0.15, 0.2) is 54.9 Å². The summed E-state index contributed by atoms with van der Waals surface area (Å²) in [5.41, 5.74) is 2.27. The molecule has 148 valence electrons. The highest BCUT2D eigenvalue weighted by molar-refractivity contribution is 6.02. The van der Waals surface area contributed by atoms with Gasteiger partial charge in [0.1, 0.15) is 6.33 Å². The Balaban J connectivity index is 1.89. The highest BCUT2D eigenvalue weighted by atomic mass is 19.4. The standard InChI is InChI=1S/C21H17F3N4O/c1-12(2)27-20(29)14-5-8-16-17(10-19-25-11-26-28(19)18(16)9-14)13-3-6-15(7-4-13)21(22,23)24/h3-12H,1-2H3,(H,27,29). The van der Waals surface area contributed by atoms with Crippen molar-refractivity contribution in [3.8, 4) is 11.1 Å². The first-order chi connectivity index (χ1) is 13.7. The molecule has 8 heteroatoms. The van der Waals surface area contributed by atoms with Crippen LogP contribution in [0.5, 0.6) is 0 Å². The highest BCUT2D eigenvalue weighted by Gasteiger charge is 2.30. The normalized spacial score (nSPS) is 12.1. The number of hydrogen-bond donors (Lipinski definition) is 1. The average Bonchev–Trinajstić information content (AvgIpc) is 3.14. The Morgan fingerprint density at radius 3 is 2.45 bits per heavy atom. The fourth-order valence-corrected chi connectivity index (χ4v) is 3.24. The lowest BCUT2D eigenvalue weighted by atomic mass is 9.98. The van der Waals surface area contributed by atoms with Crippen molar-refractivity contribution in [1.29, 1.82) is 0 Å². The van der Waals surface area contributed by atoms with Crippen LogP contribution < -0.4 is 5.32 Å². The molecule has 2 aromatic carbocycles. The maximum absolute atomic E-state index is 12.9. The second-order valence-electron chi connectivity index (χ2n) is 7.02. The van der Waals surface area contributed by atoms with E-state index in [4.69, 9.17) is 0 Å². The SMILES string of the molecule is CC(C)NC(=O)c1ccc2c(-c3ccc(C(F)(F)F)cc3)cc3ncnn3c2c1. The fraction of sp³-hybridized carbons (Fsp3) is 0.190. The lowest BCUT2D eigenvalue weighted by Crippen LogP contribution is -2.30. The van der Waals surface area contributed by atoms with E-state index >= 15 is 0 Å². The van der Waals surface area contributed by atoms with Gasteiger partial charge in [0, 0.05) is 17.0 Å². The molecule has 0 spiro atoms. The molecular formula is C21H17F3N4O. The van der Waals surface area contributed by atoms with Gasteiger partial charge in [0.05, 0.1) is 11.1 Å². The van der Waals surface area contributed by atoms with Crippen molar-refractivity contribution < 1.29 is 18.0 Å². The Hall–Kier alpha value is -3.42. The second kappa shape index (κ2) is 6.88. The number of benzene rings is 2. The number of nitrogens with zero attached hydrogens (tertiary/aromatic N) is 3. The first kappa shape index (κ1) is 18.9. The number of halogens is 3. The minimum atomic E-state index is -4.39. The number of hydrogen-bond acceptors (Lipinski definition) is 3. The largest absolute Gasteiger partial charge is 0.416 e. The van der Waals surface area contributed by atoms with Gasteiger partial charge < -0.3 is 5.32 Å². The van der Waals surface area contributed by atoms with Crippen molar-refractivity contribution in [3.05, 3.63) is 66.0 Å². The Kier molecular flexibility index (Phi) is 4.49. The molecule has 1 amide bonds. The van der Waals surface area contributed by atoms with E-state index in [9.17, 15) is 18.0 Å². The van der Waals surface area contributed by atoms with Crippen molar-refractivity contribution in [2.75, 3.05) is 0 Å². The highest BCUT2D eigenvalue weighted by Crippen LogP contribution is 2.34. The van der Waals surface area contributed by atoms with Crippen molar-refractivity contribution >= 4 is 22.5 Å². The van der Waals surface area contributed by atoms with E-state index in [2.05, 4.69) is 15.4 Å². The molecule has 0 saturated carbocycles. The molecule has 0 saturated heterocycles. The molecule has 2 aromatic heterocycles. The van der Waals surface area contributed by atoms with Crippen molar-refractivity contribution in [2.45, 2.75) is 26.1 Å². The molecule has 0 aliphatic carbocycles. The van der Waals surface area contributed by atoms with E-state index in [0.717, 1.165) is 17.5 Å². The third-order valence-corrected chi connectivity index (χ3v) is 4.57. The minimum absolute atomic E-state index is 0.0110. The summed E-state index contributed by atoms with van der Waals surface area (Å²) in [4.78, 5) is 16.6. The Morgan fingerprint density at radius 2 is 1.79 bits per heavy atom. The summed E-state index contributed by atoms with van der Waals surface area (Å²) in [6.45, 7) is 3.74. The van der Waals surface area contributed by atoms with Crippen molar-refractivity contribution in [2.24, 2.45) is 0 Å². The molecular weight excluding hydrogens is 381 g/mol. The van der Waals surface area contributed by atoms with E-state index in [-0.39, 0.29) is 11.9 Å². The van der Waals surface area contributed by atoms with Crippen LogP contribution in [0.25, 0.3) is 27.7 Å². The molecule has 0 fully saturated rings. The maximum atomic E-state index is 12.9. The van der Waals surface area contributed by atoms with Gasteiger partial charge in [-0.3, -0.25) is 4.79 Å². The molecule has 0 radical (unpaired) electrons. The molecule has 1 N–H and O–H groups in total. The first-order valence-electron chi connectivity index (χ1n) is 8.99. The molecule has 29 heavy (non-hydrogen) atoms. The number of nitrogens with one attached hydrogen (secondary N) is 1. The van der Waals surface area contributed by atoms with Crippen LogP contribution in [0.3, 0.4) is 0 Å². The molecule has 4 aromatic rings. The number of pyridine rings is 1. The summed E-state index contributed by atoms with van der Waals surface area (Å²) in [6, 6.07) is 11.9. The zero-order chi connectivity index (χ0) is 20.8. The summed E-state index contributed by atoms with van der Waals surface area (Å²) in [5, 5.41) is 7.81. The van der Waals surface area contributed by atoms with Crippen LogP contribution in [-0.4, -0.2) is 26.5 Å². The number of aromatic nitrogens is 3. The lowest BCUT2D eigenvalue weighted by Gasteiger charge is -2.13. The van der Waals surface area contributed by atoms with Crippen LogP contribution in [0, 0.1) is 0 Å². The van der Waals surface area contributed by atoms with Crippen LogP contribution >= 0.6 is 0 Å². The van der Waals surface area contributed by atoms with Gasteiger partial charge in [-0.1, -0.05) is 18.2 Å². The molecule has 0 atom stereocenters. The van der Waals surface area contributed by atoms with Gasteiger partial charge in [0.25, 0.3) is 5.91 Å². The summed E-state index contributed by atoms with van der Waals surface area (Å²) in [5.74, 6) is -0.213. The van der Waals surface area contributed by atoms with Gasteiger partial charge >= 0.3 is 6.18 Å². The Bertz CT molecular complexity index is 1210. The van der Waals surface area contributed by atoms with Crippen LogP contribution in [0.2, 0.25) is 0 Å². The Labute approximate surface area is 164 Å². The number of alkyl halides is 3. The Morgan fingerprint density at radius 1 is 1.07 bits per heavy atom. The summed E-state index contributed by atoms with van der Waals surface area (Å²) < 4.78 is 40.3. The number of rotatable bonds is 3. The van der Waals surface area contributed by atoms with Gasteiger partial charge in [0.2, 0.25) is 0 Å². The van der Waals surface area contributed by atoms with Gasteiger partial charge in [-0.15, -0.1) is 0 Å². The van der Waals surface area contributed by atoms with Crippen LogP contribution in [0.4, 0.5) is 13.2 Å². The number of carbonyl (C=O) groups excluding carboxylic acids is 1. The van der Waals surface area contributed by atoms with E-state index < -0.39 is 11.7 Å². The average molecular weight is 398 g/mol. The summed E-state index contributed by atoms with van der Waals surface area (Å²) in [7, 11) is 0. The molecule has 2 heterocycles. The molecule has 4 rings (SSSR count). The maximum Gasteiger partial charge on any atom is 0.416 e. The number of amides is 1. The zero-order valence-electron chi connectivity index (χ0n) is 15.7. The molecule has 0 unspecified atom stereocenters. The topological polar surface area (TPSA) is 59.3 Å². The smallest absolute Gasteiger partial charge is 0.350 e. The van der Waals surface area contributed by atoms with E-state index in [0.29, 0.717) is 27.9 Å². The van der Waals surface area contributed by atoms with Gasteiger partial charge in [0.15, 0.2) is 5.65 Å². The number of carbonyl (C=O) groups is 1. The molecule has 0 bridgehead atoms. The summed E-state index contributed by atoms with van der Waals surface area (Å²) in [6.07, 6.45) is -3.00. The van der Waals surface area contributed by atoms with Crippen LogP contribution in [0.1, 0.15) is 29.8 Å². The fourth-order valence-electron chi connectivity index (χ4n) is 3.24.